The van der Waals surface area contributed by atoms with Crippen molar-refractivity contribution in [3.63, 3.8) is 0 Å². The molecule has 2 bridgehead atoms. The number of rotatable bonds is 5. The molecule has 3 saturated heterocycles. The Balaban J connectivity index is 1.53. The molecule has 0 N–H and O–H groups in total. The van der Waals surface area contributed by atoms with Crippen LogP contribution in [0.25, 0.3) is 0 Å². The maximum Gasteiger partial charge on any atom is 0.0159 e. The van der Waals surface area contributed by atoms with Gasteiger partial charge >= 0.3 is 0 Å². The van der Waals surface area contributed by atoms with Crippen LogP contribution in [-0.4, -0.2) is 46.6 Å². The minimum absolute atomic E-state index is 0.413. The van der Waals surface area contributed by atoms with E-state index in [2.05, 4.69) is 30.6 Å². The number of hydrogen-bond acceptors (Lipinski definition) is 2. The highest BCUT2D eigenvalue weighted by Crippen LogP contribution is 2.42. The highest BCUT2D eigenvalue weighted by Gasteiger charge is 2.43. The predicted octanol–water partition coefficient (Wildman–Crippen LogP) is 4.44. The topological polar surface area (TPSA) is 6.48 Å². The Morgan fingerprint density at radius 3 is 2.14 bits per heavy atom. The second-order valence-corrected chi connectivity index (χ2v) is 8.52. The van der Waals surface area contributed by atoms with Crippen molar-refractivity contribution in [3.05, 3.63) is 0 Å². The van der Waals surface area contributed by atoms with Gasteiger partial charge < -0.3 is 4.90 Å². The largest absolute Gasteiger partial charge is 0.301 e. The summed E-state index contributed by atoms with van der Waals surface area (Å²) in [5.41, 5.74) is 0.413. The van der Waals surface area contributed by atoms with Crippen LogP contribution >= 0.6 is 0 Å². The minimum atomic E-state index is 0.413. The first-order valence-corrected chi connectivity index (χ1v) is 9.60. The standard InChI is InChI=1S/C19H36N2/c1-16(20-14-5-4-6-15-20)12-13-19(2,3)21-17-8-7-9-18(21)11-10-17/h16-18H,4-15H2,1-3H3. The molecule has 3 heterocycles. The zero-order chi connectivity index (χ0) is 14.9. The third-order valence-corrected chi connectivity index (χ3v) is 6.58. The average molecular weight is 293 g/mol. The summed E-state index contributed by atoms with van der Waals surface area (Å²) in [4.78, 5) is 5.67. The van der Waals surface area contributed by atoms with Crippen LogP contribution in [0.2, 0.25) is 0 Å². The summed E-state index contributed by atoms with van der Waals surface area (Å²) >= 11 is 0. The van der Waals surface area contributed by atoms with Crippen molar-refractivity contribution in [2.24, 2.45) is 0 Å². The fourth-order valence-electron chi connectivity index (χ4n) is 5.34. The number of hydrogen-bond donors (Lipinski definition) is 0. The molecule has 0 aromatic heterocycles. The second kappa shape index (κ2) is 6.58. The lowest BCUT2D eigenvalue weighted by molar-refractivity contribution is 0.0199. The van der Waals surface area contributed by atoms with E-state index in [1.54, 1.807) is 0 Å². The van der Waals surface area contributed by atoms with E-state index in [9.17, 15) is 0 Å². The smallest absolute Gasteiger partial charge is 0.0159 e. The molecule has 0 aromatic carbocycles. The van der Waals surface area contributed by atoms with Gasteiger partial charge in [0.1, 0.15) is 0 Å². The first kappa shape index (κ1) is 15.8. The Morgan fingerprint density at radius 1 is 0.905 bits per heavy atom. The third-order valence-electron chi connectivity index (χ3n) is 6.58. The van der Waals surface area contributed by atoms with Crippen molar-refractivity contribution in [1.29, 1.82) is 0 Å². The maximum atomic E-state index is 2.93. The molecule has 0 aliphatic carbocycles. The molecule has 21 heavy (non-hydrogen) atoms. The molecular formula is C19H36N2. The van der Waals surface area contributed by atoms with Gasteiger partial charge in [-0.2, -0.15) is 0 Å². The van der Waals surface area contributed by atoms with Gasteiger partial charge in [0.25, 0.3) is 0 Å². The number of piperidine rings is 2. The van der Waals surface area contributed by atoms with Gasteiger partial charge in [0, 0.05) is 23.7 Å². The van der Waals surface area contributed by atoms with Crippen LogP contribution in [-0.2, 0) is 0 Å². The van der Waals surface area contributed by atoms with Crippen molar-refractivity contribution in [1.82, 2.24) is 9.80 Å². The van der Waals surface area contributed by atoms with Gasteiger partial charge in [-0.15, -0.1) is 0 Å². The van der Waals surface area contributed by atoms with Crippen molar-refractivity contribution in [2.45, 2.75) is 109 Å². The number of likely N-dealkylation sites (tertiary alicyclic amines) is 1. The summed E-state index contributed by atoms with van der Waals surface area (Å²) in [5, 5.41) is 0. The van der Waals surface area contributed by atoms with Gasteiger partial charge in [-0.3, -0.25) is 4.90 Å². The molecule has 3 fully saturated rings. The highest BCUT2D eigenvalue weighted by atomic mass is 15.3. The summed E-state index contributed by atoms with van der Waals surface area (Å²) in [7, 11) is 0. The summed E-state index contributed by atoms with van der Waals surface area (Å²) in [5.74, 6) is 0. The molecule has 3 atom stereocenters. The monoisotopic (exact) mass is 292 g/mol. The van der Waals surface area contributed by atoms with Crippen LogP contribution in [0.4, 0.5) is 0 Å². The molecular weight excluding hydrogens is 256 g/mol. The van der Waals surface area contributed by atoms with Crippen LogP contribution in [0, 0.1) is 0 Å². The molecule has 2 nitrogen and oxygen atoms in total. The molecule has 3 unspecified atom stereocenters. The molecule has 0 spiro atoms. The maximum absolute atomic E-state index is 2.93. The van der Waals surface area contributed by atoms with Crippen LogP contribution < -0.4 is 0 Å². The van der Waals surface area contributed by atoms with E-state index in [0.717, 1.165) is 18.1 Å². The fraction of sp³-hybridized carbons (Fsp3) is 1.00. The average Bonchev–Trinajstić information content (AvgIpc) is 2.77. The van der Waals surface area contributed by atoms with Crippen LogP contribution in [0.1, 0.15) is 85.0 Å². The molecule has 2 heteroatoms. The normalized spacial score (nSPS) is 33.3. The number of nitrogens with zero attached hydrogens (tertiary/aromatic N) is 2. The molecule has 3 aliphatic heterocycles. The molecule has 3 rings (SSSR count). The SMILES string of the molecule is CC(CCC(C)(C)N1C2CCCC1CC2)N1CCCCC1. The Labute approximate surface area is 132 Å². The van der Waals surface area contributed by atoms with Crippen molar-refractivity contribution < 1.29 is 0 Å². The van der Waals surface area contributed by atoms with E-state index in [1.807, 2.05) is 0 Å². The van der Waals surface area contributed by atoms with Crippen LogP contribution in [0.3, 0.4) is 0 Å². The number of fused-ring (bicyclic) bond motifs is 2. The van der Waals surface area contributed by atoms with Gasteiger partial charge in [0.2, 0.25) is 0 Å². The van der Waals surface area contributed by atoms with Gasteiger partial charge in [-0.25, -0.2) is 0 Å². The zero-order valence-corrected chi connectivity index (χ0v) is 14.6. The van der Waals surface area contributed by atoms with Crippen LogP contribution in [0.5, 0.6) is 0 Å². The predicted molar refractivity (Wildman–Crippen MR) is 90.7 cm³/mol. The lowest BCUT2D eigenvalue weighted by atomic mass is 9.88. The minimum Gasteiger partial charge on any atom is -0.301 e. The van der Waals surface area contributed by atoms with E-state index in [4.69, 9.17) is 0 Å². The van der Waals surface area contributed by atoms with Gasteiger partial charge in [0.05, 0.1) is 0 Å². The third kappa shape index (κ3) is 3.47. The van der Waals surface area contributed by atoms with E-state index in [0.29, 0.717) is 5.54 Å². The Kier molecular flexibility index (Phi) is 4.95. The van der Waals surface area contributed by atoms with Crippen molar-refractivity contribution >= 4 is 0 Å². The second-order valence-electron chi connectivity index (χ2n) is 8.52. The molecule has 122 valence electrons. The Morgan fingerprint density at radius 2 is 1.52 bits per heavy atom. The van der Waals surface area contributed by atoms with E-state index < -0.39 is 0 Å². The molecule has 0 aromatic rings. The quantitative estimate of drug-likeness (QED) is 0.739. The summed E-state index contributed by atoms with van der Waals surface area (Å²) < 4.78 is 0. The Hall–Kier alpha value is -0.0800. The van der Waals surface area contributed by atoms with E-state index >= 15 is 0 Å². The van der Waals surface area contributed by atoms with Crippen LogP contribution in [0.15, 0.2) is 0 Å². The van der Waals surface area contributed by atoms with E-state index in [1.165, 1.54) is 77.3 Å². The highest BCUT2D eigenvalue weighted by molar-refractivity contribution is 4.99. The van der Waals surface area contributed by atoms with Crippen molar-refractivity contribution in [2.75, 3.05) is 13.1 Å². The lowest BCUT2D eigenvalue weighted by Gasteiger charge is -2.47. The fourth-order valence-corrected chi connectivity index (χ4v) is 5.34. The molecule has 3 aliphatic rings. The van der Waals surface area contributed by atoms with Gasteiger partial charge in [0.15, 0.2) is 0 Å². The first-order valence-electron chi connectivity index (χ1n) is 9.60. The Bertz CT molecular complexity index is 316. The van der Waals surface area contributed by atoms with Gasteiger partial charge in [-0.05, 0) is 85.2 Å². The summed E-state index contributed by atoms with van der Waals surface area (Å²) in [6, 6.07) is 2.60. The van der Waals surface area contributed by atoms with E-state index in [-0.39, 0.29) is 0 Å². The lowest BCUT2D eigenvalue weighted by Crippen LogP contribution is -2.53. The summed E-state index contributed by atoms with van der Waals surface area (Å²) in [6.07, 6.45) is 14.4. The molecule has 0 amide bonds. The summed E-state index contributed by atoms with van der Waals surface area (Å²) in [6.45, 7) is 10.2. The zero-order valence-electron chi connectivity index (χ0n) is 14.6. The molecule has 0 radical (unpaired) electrons. The first-order chi connectivity index (χ1) is 10.1. The molecule has 0 saturated carbocycles. The van der Waals surface area contributed by atoms with Gasteiger partial charge in [-0.1, -0.05) is 12.8 Å². The van der Waals surface area contributed by atoms with Crippen molar-refractivity contribution in [3.8, 4) is 0 Å².